The molecule has 0 aliphatic rings. The van der Waals surface area contributed by atoms with Crippen LogP contribution in [0.1, 0.15) is 15.9 Å². The van der Waals surface area contributed by atoms with Gasteiger partial charge in [-0.15, -0.1) is 5.10 Å². The number of methoxy groups -OCH3 is 1. The molecule has 3 rings (SSSR count). The summed E-state index contributed by atoms with van der Waals surface area (Å²) in [6.45, 7) is 0. The molecule has 0 fully saturated rings. The molecule has 0 saturated heterocycles. The first kappa shape index (κ1) is 21.0. The first-order chi connectivity index (χ1) is 14.4. The van der Waals surface area contributed by atoms with Gasteiger partial charge in [-0.05, 0) is 23.8 Å². The molecule has 1 amide bonds. The summed E-state index contributed by atoms with van der Waals surface area (Å²) in [6, 6.07) is 12.3. The number of amides is 1. The summed E-state index contributed by atoms with van der Waals surface area (Å²) in [6.07, 6.45) is 2.83. The van der Waals surface area contributed by atoms with Crippen molar-refractivity contribution in [1.82, 2.24) is 15.1 Å². The average Bonchev–Trinajstić information content (AvgIpc) is 2.74. The van der Waals surface area contributed by atoms with Crippen LogP contribution in [0, 0.1) is 0 Å². The first-order valence-electron chi connectivity index (χ1n) is 8.77. The predicted octanol–water partition coefficient (Wildman–Crippen LogP) is 2.48. The number of rotatable bonds is 6. The molecule has 30 heavy (non-hydrogen) atoms. The molecular formula is C20H20ClN7O2. The van der Waals surface area contributed by atoms with Crippen LogP contribution in [0.15, 0.2) is 60.0 Å². The van der Waals surface area contributed by atoms with Crippen LogP contribution < -0.4 is 21.6 Å². The van der Waals surface area contributed by atoms with Gasteiger partial charge in [-0.3, -0.25) is 4.79 Å². The summed E-state index contributed by atoms with van der Waals surface area (Å²) in [5.41, 5.74) is 8.54. The highest BCUT2D eigenvalue weighted by molar-refractivity contribution is 6.33. The Morgan fingerprint density at radius 2 is 1.83 bits per heavy atom. The van der Waals surface area contributed by atoms with Gasteiger partial charge in [-0.25, -0.2) is 20.9 Å². The molecule has 154 valence electrons. The number of hydrazone groups is 1. The van der Waals surface area contributed by atoms with Gasteiger partial charge in [-0.2, -0.15) is 0 Å². The summed E-state index contributed by atoms with van der Waals surface area (Å²) in [7, 11) is 3.07. The Kier molecular flexibility index (Phi) is 6.45. The fourth-order valence-corrected chi connectivity index (χ4v) is 2.84. The Morgan fingerprint density at radius 3 is 2.43 bits per heavy atom. The van der Waals surface area contributed by atoms with Gasteiger partial charge in [0.25, 0.3) is 5.91 Å². The summed E-state index contributed by atoms with van der Waals surface area (Å²) < 4.78 is 4.95. The Labute approximate surface area is 178 Å². The Balaban J connectivity index is 1.83. The van der Waals surface area contributed by atoms with Crippen LogP contribution in [-0.2, 0) is 0 Å². The normalized spacial score (nSPS) is 11.1. The van der Waals surface area contributed by atoms with Gasteiger partial charge >= 0.3 is 0 Å². The lowest BCUT2D eigenvalue weighted by Gasteiger charge is -2.10. The largest absolute Gasteiger partial charge is 0.480 e. The number of benzene rings is 2. The lowest BCUT2D eigenvalue weighted by molar-refractivity contribution is 0.102. The van der Waals surface area contributed by atoms with Crippen molar-refractivity contribution in [3.63, 3.8) is 0 Å². The number of nitrogens with two attached hydrogens (primary N) is 2. The Bertz CT molecular complexity index is 1070. The number of ether oxygens (including phenoxy) is 1. The van der Waals surface area contributed by atoms with Gasteiger partial charge in [0.1, 0.15) is 0 Å². The van der Waals surface area contributed by atoms with Crippen molar-refractivity contribution in [2.45, 2.75) is 0 Å². The molecule has 3 aromatic rings. The van der Waals surface area contributed by atoms with E-state index in [0.29, 0.717) is 33.4 Å². The molecule has 0 atom stereocenters. The number of carbonyl (C=O) groups excluding carboxylic acids is 1. The van der Waals surface area contributed by atoms with E-state index in [4.69, 9.17) is 27.9 Å². The van der Waals surface area contributed by atoms with Crippen LogP contribution in [0.4, 0.5) is 5.82 Å². The fourth-order valence-electron chi connectivity index (χ4n) is 2.61. The van der Waals surface area contributed by atoms with Crippen LogP contribution >= 0.6 is 11.6 Å². The second kappa shape index (κ2) is 9.21. The van der Waals surface area contributed by atoms with Crippen molar-refractivity contribution in [1.29, 1.82) is 0 Å². The van der Waals surface area contributed by atoms with Crippen LogP contribution in [0.3, 0.4) is 0 Å². The number of hydrogen-bond acceptors (Lipinski definition) is 7. The molecule has 5 N–H and O–H groups in total. The predicted molar refractivity (Wildman–Crippen MR) is 116 cm³/mol. The lowest BCUT2D eigenvalue weighted by Crippen LogP contribution is -2.25. The third kappa shape index (κ3) is 5.02. The highest BCUT2D eigenvalue weighted by Crippen LogP contribution is 2.29. The van der Waals surface area contributed by atoms with E-state index >= 15 is 0 Å². The van der Waals surface area contributed by atoms with Crippen molar-refractivity contribution in [2.75, 3.05) is 19.5 Å². The number of hydrazine groups is 1. The standard InChI is InChI=1S/C20H20ClN7O2/c1-28(23)27-19(22)13-5-3-12(4-6-13)15-9-14(7-8-16(15)21)20(29)26-17-10-25-18(30-2)11-24-17/h3-11H,23H2,1-2H3,(H2,22,27)(H,24,26,29). The van der Waals surface area contributed by atoms with Gasteiger partial charge in [0.05, 0.1) is 19.5 Å². The molecule has 0 radical (unpaired) electrons. The van der Waals surface area contributed by atoms with Gasteiger partial charge in [0.15, 0.2) is 11.7 Å². The highest BCUT2D eigenvalue weighted by atomic mass is 35.5. The Morgan fingerprint density at radius 1 is 1.13 bits per heavy atom. The number of carbonyl (C=O) groups is 1. The molecule has 1 aromatic heterocycles. The maximum absolute atomic E-state index is 12.6. The molecule has 10 heteroatoms. The lowest BCUT2D eigenvalue weighted by atomic mass is 10.0. The second-order valence-electron chi connectivity index (χ2n) is 6.23. The number of nitrogens with one attached hydrogen (secondary N) is 1. The number of anilines is 1. The molecule has 0 aliphatic carbocycles. The van der Waals surface area contributed by atoms with Crippen LogP contribution in [0.5, 0.6) is 5.88 Å². The number of nitrogens with zero attached hydrogens (tertiary/aromatic N) is 4. The number of hydrogen-bond donors (Lipinski definition) is 3. The average molecular weight is 426 g/mol. The third-order valence-corrected chi connectivity index (χ3v) is 4.39. The molecule has 1 heterocycles. The third-order valence-electron chi connectivity index (χ3n) is 4.06. The number of amidine groups is 1. The zero-order valence-electron chi connectivity index (χ0n) is 16.3. The molecule has 0 saturated carbocycles. The minimum absolute atomic E-state index is 0.284. The van der Waals surface area contributed by atoms with E-state index in [9.17, 15) is 4.79 Å². The summed E-state index contributed by atoms with van der Waals surface area (Å²) in [5.74, 6) is 6.09. The summed E-state index contributed by atoms with van der Waals surface area (Å²) in [5, 5.41) is 8.29. The molecule has 2 aromatic carbocycles. The van der Waals surface area contributed by atoms with E-state index < -0.39 is 0 Å². The van der Waals surface area contributed by atoms with E-state index in [2.05, 4.69) is 20.4 Å². The van der Waals surface area contributed by atoms with Crippen LogP contribution in [0.25, 0.3) is 11.1 Å². The first-order valence-corrected chi connectivity index (χ1v) is 9.15. The highest BCUT2D eigenvalue weighted by Gasteiger charge is 2.12. The maximum atomic E-state index is 12.6. The van der Waals surface area contributed by atoms with Gasteiger partial charge in [0, 0.05) is 28.8 Å². The van der Waals surface area contributed by atoms with E-state index in [1.54, 1.807) is 37.4 Å². The van der Waals surface area contributed by atoms with Gasteiger partial charge in [-0.1, -0.05) is 35.9 Å². The fraction of sp³-hybridized carbons (Fsp3) is 0.100. The van der Waals surface area contributed by atoms with Gasteiger partial charge < -0.3 is 15.8 Å². The topological polar surface area (TPSA) is 132 Å². The molecule has 9 nitrogen and oxygen atoms in total. The minimum atomic E-state index is -0.341. The van der Waals surface area contributed by atoms with Crippen molar-refractivity contribution < 1.29 is 9.53 Å². The monoisotopic (exact) mass is 425 g/mol. The van der Waals surface area contributed by atoms with E-state index in [-0.39, 0.29) is 11.7 Å². The van der Waals surface area contributed by atoms with Crippen LogP contribution in [-0.4, -0.2) is 41.0 Å². The molecule has 0 unspecified atom stereocenters. The van der Waals surface area contributed by atoms with Crippen LogP contribution in [0.2, 0.25) is 5.02 Å². The van der Waals surface area contributed by atoms with E-state index in [0.717, 1.165) is 10.7 Å². The minimum Gasteiger partial charge on any atom is -0.480 e. The number of halogens is 1. The zero-order chi connectivity index (χ0) is 21.7. The SMILES string of the molecule is COc1cnc(NC(=O)c2ccc(Cl)c(-c3ccc(/C(N)=N/N(C)N)cc3)c2)cn1. The van der Waals surface area contributed by atoms with Crippen molar-refractivity contribution in [2.24, 2.45) is 16.7 Å². The Hall–Kier alpha value is -3.69. The molecule has 0 spiro atoms. The van der Waals surface area contributed by atoms with E-state index in [1.807, 2.05) is 12.1 Å². The quantitative estimate of drug-likeness (QED) is 0.239. The number of aromatic nitrogens is 2. The molecule has 0 bridgehead atoms. The molecule has 0 aliphatic heterocycles. The van der Waals surface area contributed by atoms with Crippen molar-refractivity contribution in [3.8, 4) is 17.0 Å². The summed E-state index contributed by atoms with van der Waals surface area (Å²) >= 11 is 6.36. The maximum Gasteiger partial charge on any atom is 0.256 e. The van der Waals surface area contributed by atoms with Crippen molar-refractivity contribution in [3.05, 3.63) is 71.0 Å². The van der Waals surface area contributed by atoms with Crippen molar-refractivity contribution >= 4 is 29.2 Å². The second-order valence-corrected chi connectivity index (χ2v) is 6.64. The van der Waals surface area contributed by atoms with Gasteiger partial charge in [0.2, 0.25) is 5.88 Å². The van der Waals surface area contributed by atoms with E-state index in [1.165, 1.54) is 19.5 Å². The molecular weight excluding hydrogens is 406 g/mol. The summed E-state index contributed by atoms with van der Waals surface area (Å²) in [4.78, 5) is 20.7. The zero-order valence-corrected chi connectivity index (χ0v) is 17.1. The smallest absolute Gasteiger partial charge is 0.256 e.